The van der Waals surface area contributed by atoms with Crippen molar-refractivity contribution in [3.05, 3.63) is 54.2 Å². The van der Waals surface area contributed by atoms with Crippen LogP contribution in [0.5, 0.6) is 0 Å². The number of amides is 1. The number of hydrogen-bond acceptors (Lipinski definition) is 4. The summed E-state index contributed by atoms with van der Waals surface area (Å²) >= 11 is 1.67. The minimum atomic E-state index is -0.840. The van der Waals surface area contributed by atoms with E-state index in [9.17, 15) is 4.79 Å². The van der Waals surface area contributed by atoms with Gasteiger partial charge in [0.15, 0.2) is 0 Å². The SMILES string of the molecule is CCCC(C)(N)C(=O)Nc1cccc(CSc2ccccn2)c1. The number of hydrogen-bond donors (Lipinski definition) is 2. The van der Waals surface area contributed by atoms with Gasteiger partial charge < -0.3 is 11.1 Å². The molecule has 0 saturated carbocycles. The van der Waals surface area contributed by atoms with E-state index in [4.69, 9.17) is 5.73 Å². The van der Waals surface area contributed by atoms with Crippen LogP contribution in [-0.4, -0.2) is 16.4 Å². The van der Waals surface area contributed by atoms with Crippen molar-refractivity contribution < 1.29 is 4.79 Å². The van der Waals surface area contributed by atoms with Crippen LogP contribution in [0.25, 0.3) is 0 Å². The summed E-state index contributed by atoms with van der Waals surface area (Å²) in [5.41, 5.74) is 7.14. The van der Waals surface area contributed by atoms with Gasteiger partial charge in [-0.3, -0.25) is 4.79 Å². The minimum absolute atomic E-state index is 0.145. The highest BCUT2D eigenvalue weighted by Crippen LogP contribution is 2.22. The molecule has 122 valence electrons. The van der Waals surface area contributed by atoms with Gasteiger partial charge in [-0.2, -0.15) is 0 Å². The summed E-state index contributed by atoms with van der Waals surface area (Å²) in [6.07, 6.45) is 3.32. The monoisotopic (exact) mass is 329 g/mol. The van der Waals surface area contributed by atoms with Gasteiger partial charge in [-0.25, -0.2) is 4.98 Å². The molecule has 0 radical (unpaired) electrons. The predicted octanol–water partition coefficient (Wildman–Crippen LogP) is 3.83. The molecule has 0 spiro atoms. The summed E-state index contributed by atoms with van der Waals surface area (Å²) in [7, 11) is 0. The lowest BCUT2D eigenvalue weighted by atomic mass is 9.96. The Morgan fingerprint density at radius 2 is 2.13 bits per heavy atom. The second kappa shape index (κ2) is 8.13. The lowest BCUT2D eigenvalue weighted by Crippen LogP contribution is -2.48. The van der Waals surface area contributed by atoms with Crippen molar-refractivity contribution in [1.29, 1.82) is 0 Å². The van der Waals surface area contributed by atoms with E-state index in [0.717, 1.165) is 28.5 Å². The van der Waals surface area contributed by atoms with Crippen molar-refractivity contribution >= 4 is 23.4 Å². The first-order valence-corrected chi connectivity index (χ1v) is 8.73. The zero-order chi connectivity index (χ0) is 16.7. The van der Waals surface area contributed by atoms with Crippen LogP contribution in [0.1, 0.15) is 32.3 Å². The molecule has 0 fully saturated rings. The first-order chi connectivity index (χ1) is 11.0. The molecule has 1 aromatic heterocycles. The minimum Gasteiger partial charge on any atom is -0.324 e. The zero-order valence-corrected chi connectivity index (χ0v) is 14.4. The van der Waals surface area contributed by atoms with Gasteiger partial charge in [-0.15, -0.1) is 11.8 Å². The Hall–Kier alpha value is -1.85. The molecule has 2 rings (SSSR count). The molecule has 4 nitrogen and oxygen atoms in total. The fourth-order valence-corrected chi connectivity index (χ4v) is 3.04. The number of nitrogens with two attached hydrogens (primary N) is 1. The second-order valence-corrected chi connectivity index (χ2v) is 6.77. The van der Waals surface area contributed by atoms with E-state index < -0.39 is 5.54 Å². The molecule has 2 aromatic rings. The predicted molar refractivity (Wildman–Crippen MR) is 96.4 cm³/mol. The lowest BCUT2D eigenvalue weighted by Gasteiger charge is -2.23. The quantitative estimate of drug-likeness (QED) is 0.758. The number of aromatic nitrogens is 1. The van der Waals surface area contributed by atoms with Gasteiger partial charge in [-0.1, -0.05) is 31.5 Å². The third-order valence-electron chi connectivity index (χ3n) is 3.50. The van der Waals surface area contributed by atoms with Gasteiger partial charge in [0.05, 0.1) is 10.6 Å². The highest BCUT2D eigenvalue weighted by atomic mass is 32.2. The zero-order valence-electron chi connectivity index (χ0n) is 13.6. The van der Waals surface area contributed by atoms with Crippen molar-refractivity contribution in [2.75, 3.05) is 5.32 Å². The normalized spacial score (nSPS) is 13.3. The number of carbonyl (C=O) groups is 1. The third kappa shape index (κ3) is 5.37. The number of anilines is 1. The second-order valence-electron chi connectivity index (χ2n) is 5.78. The Kier molecular flexibility index (Phi) is 6.19. The van der Waals surface area contributed by atoms with Crippen LogP contribution in [0.15, 0.2) is 53.7 Å². The van der Waals surface area contributed by atoms with Crippen LogP contribution in [0.3, 0.4) is 0 Å². The number of nitrogens with one attached hydrogen (secondary N) is 1. The molecule has 3 N–H and O–H groups in total. The molecule has 0 saturated heterocycles. The molecule has 0 aliphatic heterocycles. The molecule has 0 aliphatic rings. The highest BCUT2D eigenvalue weighted by Gasteiger charge is 2.27. The van der Waals surface area contributed by atoms with Gasteiger partial charge in [-0.05, 0) is 43.2 Å². The smallest absolute Gasteiger partial charge is 0.244 e. The Morgan fingerprint density at radius 1 is 1.30 bits per heavy atom. The van der Waals surface area contributed by atoms with Crippen molar-refractivity contribution in [2.45, 2.75) is 43.0 Å². The molecule has 5 heteroatoms. The Morgan fingerprint density at radius 3 is 2.83 bits per heavy atom. The molecule has 1 aromatic carbocycles. The Labute approximate surface area is 141 Å². The first-order valence-electron chi connectivity index (χ1n) is 7.74. The number of benzene rings is 1. The van der Waals surface area contributed by atoms with Gasteiger partial charge in [0.25, 0.3) is 0 Å². The van der Waals surface area contributed by atoms with Crippen molar-refractivity contribution in [3.8, 4) is 0 Å². The van der Waals surface area contributed by atoms with E-state index in [1.54, 1.807) is 24.9 Å². The summed E-state index contributed by atoms with van der Waals surface area (Å²) in [5.74, 6) is 0.657. The van der Waals surface area contributed by atoms with E-state index in [1.165, 1.54) is 0 Å². The van der Waals surface area contributed by atoms with E-state index in [1.807, 2.05) is 49.4 Å². The highest BCUT2D eigenvalue weighted by molar-refractivity contribution is 7.98. The van der Waals surface area contributed by atoms with Crippen LogP contribution in [0.2, 0.25) is 0 Å². The number of rotatable bonds is 7. The van der Waals surface area contributed by atoms with Crippen molar-refractivity contribution in [3.63, 3.8) is 0 Å². The van der Waals surface area contributed by atoms with Crippen LogP contribution < -0.4 is 11.1 Å². The topological polar surface area (TPSA) is 68.0 Å². The van der Waals surface area contributed by atoms with Crippen molar-refractivity contribution in [1.82, 2.24) is 4.98 Å². The first kappa shape index (κ1) is 17.5. The molecular weight excluding hydrogens is 306 g/mol. The van der Waals surface area contributed by atoms with Gasteiger partial charge >= 0.3 is 0 Å². The summed E-state index contributed by atoms with van der Waals surface area (Å²) in [6.45, 7) is 3.79. The molecule has 1 heterocycles. The number of nitrogens with zero attached hydrogens (tertiary/aromatic N) is 1. The maximum absolute atomic E-state index is 12.3. The number of carbonyl (C=O) groups excluding carboxylic acids is 1. The van der Waals surface area contributed by atoms with E-state index in [-0.39, 0.29) is 5.91 Å². The summed E-state index contributed by atoms with van der Waals surface area (Å²) in [6, 6.07) is 13.7. The molecular formula is C18H23N3OS. The molecule has 1 atom stereocenters. The Balaban J connectivity index is 1.98. The Bertz CT molecular complexity index is 644. The summed E-state index contributed by atoms with van der Waals surface area (Å²) in [5, 5.41) is 3.90. The van der Waals surface area contributed by atoms with Gasteiger partial charge in [0.2, 0.25) is 5.91 Å². The van der Waals surface area contributed by atoms with Gasteiger partial charge in [0.1, 0.15) is 0 Å². The average Bonchev–Trinajstić information content (AvgIpc) is 2.54. The standard InChI is InChI=1S/C18H23N3OS/c1-3-10-18(2,19)17(22)21-15-8-6-7-14(12-15)13-23-16-9-4-5-11-20-16/h4-9,11-12H,3,10,13,19H2,1-2H3,(H,21,22). The third-order valence-corrected chi connectivity index (χ3v) is 4.51. The van der Waals surface area contributed by atoms with Crippen LogP contribution in [0.4, 0.5) is 5.69 Å². The van der Waals surface area contributed by atoms with Crippen LogP contribution in [-0.2, 0) is 10.5 Å². The largest absolute Gasteiger partial charge is 0.324 e. The molecule has 23 heavy (non-hydrogen) atoms. The van der Waals surface area contributed by atoms with Gasteiger partial charge in [0, 0.05) is 17.6 Å². The van der Waals surface area contributed by atoms with E-state index in [2.05, 4.69) is 10.3 Å². The van der Waals surface area contributed by atoms with Crippen LogP contribution in [0, 0.1) is 0 Å². The number of pyridine rings is 1. The summed E-state index contributed by atoms with van der Waals surface area (Å²) in [4.78, 5) is 16.6. The maximum atomic E-state index is 12.3. The van der Waals surface area contributed by atoms with Crippen LogP contribution >= 0.6 is 11.8 Å². The van der Waals surface area contributed by atoms with Crippen molar-refractivity contribution in [2.24, 2.45) is 5.73 Å². The van der Waals surface area contributed by atoms with E-state index >= 15 is 0 Å². The van der Waals surface area contributed by atoms with E-state index in [0.29, 0.717) is 6.42 Å². The molecule has 1 amide bonds. The fraction of sp³-hybridized carbons (Fsp3) is 0.333. The summed E-state index contributed by atoms with van der Waals surface area (Å²) < 4.78 is 0. The fourth-order valence-electron chi connectivity index (χ4n) is 2.24. The molecule has 0 bridgehead atoms. The number of thioether (sulfide) groups is 1. The molecule has 0 aliphatic carbocycles. The maximum Gasteiger partial charge on any atom is 0.244 e. The molecule has 1 unspecified atom stereocenters. The average molecular weight is 329 g/mol. The lowest BCUT2D eigenvalue weighted by molar-refractivity contribution is -0.120.